The summed E-state index contributed by atoms with van der Waals surface area (Å²) in [6.45, 7) is 11.4. The summed E-state index contributed by atoms with van der Waals surface area (Å²) in [6.07, 6.45) is 3.08. The van der Waals surface area contributed by atoms with Crippen LogP contribution in [-0.4, -0.2) is 216 Å². The molecule has 2 heterocycles. The number of carbonyl (C=O) groups is 11. The van der Waals surface area contributed by atoms with Gasteiger partial charge >= 0.3 is 6.18 Å². The van der Waals surface area contributed by atoms with Gasteiger partial charge in [-0.1, -0.05) is 111 Å². The van der Waals surface area contributed by atoms with Crippen LogP contribution in [0.3, 0.4) is 0 Å². The average molecular weight is 1320 g/mol. The molecule has 1 spiro atoms. The van der Waals surface area contributed by atoms with Crippen molar-refractivity contribution in [3.05, 3.63) is 34.3 Å². The molecule has 8 atom stereocenters. The first kappa shape index (κ1) is 76.2. The summed E-state index contributed by atoms with van der Waals surface area (Å²) in [6, 6.07) is -4.58. The minimum absolute atomic E-state index is 0.0300. The Bertz CT molecular complexity index is 2800. The van der Waals surface area contributed by atoms with Gasteiger partial charge in [-0.05, 0) is 112 Å². The summed E-state index contributed by atoms with van der Waals surface area (Å²) in [7, 11) is 8.49. The molecular formula is C66H103ClF3N11O11. The molecule has 2 saturated carbocycles. The van der Waals surface area contributed by atoms with Crippen molar-refractivity contribution >= 4 is 76.6 Å². The van der Waals surface area contributed by atoms with Crippen molar-refractivity contribution in [1.29, 1.82) is 0 Å². The van der Waals surface area contributed by atoms with E-state index < -0.39 is 155 Å². The van der Waals surface area contributed by atoms with Crippen molar-refractivity contribution in [3.63, 3.8) is 0 Å². The number of alkyl halides is 3. The smallest absolute Gasteiger partial charge is 0.351 e. The van der Waals surface area contributed by atoms with Crippen LogP contribution in [-0.2, 0) is 65.3 Å². The Hall–Kier alpha value is -6.53. The number of halogens is 4. The largest absolute Gasteiger partial charge is 0.417 e. The fourth-order valence-electron chi connectivity index (χ4n) is 13.2. The van der Waals surface area contributed by atoms with Crippen molar-refractivity contribution in [1.82, 2.24) is 55.6 Å². The number of hydrogen-bond acceptors (Lipinski definition) is 11. The Balaban J connectivity index is 1.57. The SMILES string of the molecule is CC[C@H](C)[C@@H]1NC(=O)C2CCCCN2C(=O)C[C@@H](C)NC(=O)[C@H](CC(C)C)N(C)C(=O)C2(CCCC2)NC(=O)[C@H](CC(C)C)N(C)C(=O)[C@H](CCc2ccc(C(F)(F)F)c(Cl)c2)NC(=O)CN(C)C(=O)[C@H](CC2CCCCC2)N(C)C(=O)CN(C)C(=O)CN(C)C1=O. The van der Waals surface area contributed by atoms with Crippen molar-refractivity contribution in [2.75, 3.05) is 68.5 Å². The topological polar surface area (TPSA) is 259 Å². The molecule has 2 aliphatic heterocycles. The van der Waals surface area contributed by atoms with Gasteiger partial charge in [0, 0.05) is 61.3 Å². The van der Waals surface area contributed by atoms with Crippen molar-refractivity contribution in [3.8, 4) is 0 Å². The van der Waals surface area contributed by atoms with E-state index in [0.717, 1.165) is 54.0 Å². The number of nitrogens with zero attached hydrogens (tertiary/aromatic N) is 7. The van der Waals surface area contributed by atoms with E-state index in [0.29, 0.717) is 44.1 Å². The molecular weight excluding hydrogens is 1220 g/mol. The van der Waals surface area contributed by atoms with Gasteiger partial charge in [-0.2, -0.15) is 13.2 Å². The third-order valence-electron chi connectivity index (χ3n) is 19.0. The maximum atomic E-state index is 15.2. The lowest BCUT2D eigenvalue weighted by Crippen LogP contribution is -2.64. The van der Waals surface area contributed by atoms with Crippen LogP contribution >= 0.6 is 11.6 Å². The molecule has 0 aromatic heterocycles. The van der Waals surface area contributed by atoms with Gasteiger partial charge in [-0.3, -0.25) is 52.7 Å². The van der Waals surface area contributed by atoms with E-state index in [1.54, 1.807) is 13.8 Å². The quantitative estimate of drug-likeness (QED) is 0.201. The van der Waals surface area contributed by atoms with Crippen molar-refractivity contribution < 1.29 is 65.9 Å². The molecule has 1 aromatic rings. The molecule has 11 amide bonds. The number of rotatable bonds is 11. The Morgan fingerprint density at radius 2 is 1.21 bits per heavy atom. The van der Waals surface area contributed by atoms with Crippen LogP contribution in [0.1, 0.15) is 175 Å². The van der Waals surface area contributed by atoms with Crippen molar-refractivity contribution in [2.24, 2.45) is 23.7 Å². The molecule has 5 rings (SSSR count). The third kappa shape index (κ3) is 20.5. The second kappa shape index (κ2) is 34.0. The monoisotopic (exact) mass is 1320 g/mol. The Morgan fingerprint density at radius 1 is 0.620 bits per heavy atom. The zero-order chi connectivity index (χ0) is 68.7. The summed E-state index contributed by atoms with van der Waals surface area (Å²) in [5.41, 5.74) is -2.29. The van der Waals surface area contributed by atoms with Crippen LogP contribution in [0.25, 0.3) is 0 Å². The zero-order valence-corrected chi connectivity index (χ0v) is 57.2. The number of carbonyl (C=O) groups excluding carboxylic acids is 11. The first-order valence-electron chi connectivity index (χ1n) is 33.0. The van der Waals surface area contributed by atoms with Crippen molar-refractivity contribution in [2.45, 2.75) is 224 Å². The molecule has 2 aliphatic carbocycles. The van der Waals surface area contributed by atoms with E-state index in [1.165, 1.54) is 72.9 Å². The standard InChI is InChI=1S/C66H103ClF3N11O11/c1-14-42(6)57-63(91)77(10)38-55(84)75(8)39-56(85)78(11)52(36-44-22-16-15-17-23-44)62(90)76(9)37-53(82)72-48(28-26-45-25-27-46(47(67)35-45)66(68,69)70)61(89)79(12)51(33-41(4)5)60(88)74-65(29-19-20-30-65)64(92)80(13)50(32-40(2)3)59(87)71-43(7)34-54(83)81-31-21-18-24-49(81)58(86)73-57/h25,27,35,40-44,48-52,57H,14-24,26,28-34,36-39H2,1-13H3,(H,71,87)(H,72,82)(H,73,86)(H,74,88)/t42-,43+,48-,49?,50-,51-,52-,57-/m0/s1. The van der Waals surface area contributed by atoms with Gasteiger partial charge in [0.2, 0.25) is 65.0 Å². The Labute approximate surface area is 546 Å². The fraction of sp³-hybridized carbons (Fsp3) is 0.742. The molecule has 516 valence electrons. The van der Waals surface area contributed by atoms with Gasteiger partial charge in [-0.25, -0.2) is 0 Å². The van der Waals surface area contributed by atoms with Crippen LogP contribution in [0.5, 0.6) is 0 Å². The summed E-state index contributed by atoms with van der Waals surface area (Å²) < 4.78 is 41.4. The van der Waals surface area contributed by atoms with Gasteiger partial charge in [0.15, 0.2) is 0 Å². The molecule has 22 nitrogen and oxygen atoms in total. The number of likely N-dealkylation sites (N-methyl/N-ethyl adjacent to an activating group) is 6. The van der Waals surface area contributed by atoms with Gasteiger partial charge in [-0.15, -0.1) is 0 Å². The maximum Gasteiger partial charge on any atom is 0.417 e. The molecule has 92 heavy (non-hydrogen) atoms. The predicted octanol–water partition coefficient (Wildman–Crippen LogP) is 5.94. The Morgan fingerprint density at radius 3 is 1.79 bits per heavy atom. The van der Waals surface area contributed by atoms with E-state index in [-0.39, 0.29) is 75.7 Å². The van der Waals surface area contributed by atoms with Gasteiger partial charge in [0.05, 0.1) is 30.2 Å². The van der Waals surface area contributed by atoms with Crippen LogP contribution in [0.4, 0.5) is 13.2 Å². The average Bonchev–Trinajstić information content (AvgIpc) is 1.46. The minimum Gasteiger partial charge on any atom is -0.351 e. The first-order valence-corrected chi connectivity index (χ1v) is 33.4. The lowest BCUT2D eigenvalue weighted by Gasteiger charge is -2.39. The summed E-state index contributed by atoms with van der Waals surface area (Å²) >= 11 is 6.13. The highest BCUT2D eigenvalue weighted by atomic mass is 35.5. The van der Waals surface area contributed by atoms with Gasteiger partial charge < -0.3 is 55.6 Å². The van der Waals surface area contributed by atoms with Crippen LogP contribution in [0, 0.1) is 23.7 Å². The van der Waals surface area contributed by atoms with E-state index in [9.17, 15) is 51.5 Å². The summed E-state index contributed by atoms with van der Waals surface area (Å²) in [5.74, 6) is -7.49. The summed E-state index contributed by atoms with van der Waals surface area (Å²) in [4.78, 5) is 169. The van der Waals surface area contributed by atoms with Gasteiger partial charge in [0.1, 0.15) is 41.8 Å². The van der Waals surface area contributed by atoms with E-state index >= 15 is 14.4 Å². The molecule has 4 aliphatic rings. The number of nitrogens with one attached hydrogen (secondary N) is 4. The molecule has 4 fully saturated rings. The molecule has 1 aromatic carbocycles. The number of piperidine rings is 1. The number of amides is 11. The van der Waals surface area contributed by atoms with E-state index in [2.05, 4.69) is 21.3 Å². The predicted molar refractivity (Wildman–Crippen MR) is 342 cm³/mol. The highest BCUT2D eigenvalue weighted by molar-refractivity contribution is 6.31. The number of benzene rings is 1. The van der Waals surface area contributed by atoms with E-state index in [1.807, 2.05) is 34.6 Å². The second-order valence-electron chi connectivity index (χ2n) is 27.4. The summed E-state index contributed by atoms with van der Waals surface area (Å²) in [5, 5.41) is 11.0. The van der Waals surface area contributed by atoms with Crippen LogP contribution in [0.2, 0.25) is 5.02 Å². The molecule has 2 saturated heterocycles. The zero-order valence-electron chi connectivity index (χ0n) is 56.5. The normalized spacial score (nSPS) is 26.1. The molecule has 1 unspecified atom stereocenters. The van der Waals surface area contributed by atoms with Gasteiger partial charge in [0.25, 0.3) is 0 Å². The minimum atomic E-state index is -4.75. The molecule has 26 heteroatoms. The fourth-order valence-corrected chi connectivity index (χ4v) is 13.5. The highest BCUT2D eigenvalue weighted by Gasteiger charge is 2.49. The number of fused-ring (bicyclic) bond motifs is 1. The maximum absolute atomic E-state index is 15.2. The highest BCUT2D eigenvalue weighted by Crippen LogP contribution is 2.37. The van der Waals surface area contributed by atoms with Crippen LogP contribution < -0.4 is 21.3 Å². The number of hydrogen-bond donors (Lipinski definition) is 4. The third-order valence-corrected chi connectivity index (χ3v) is 19.3. The molecule has 4 N–H and O–H groups in total. The lowest BCUT2D eigenvalue weighted by atomic mass is 9.84. The second-order valence-corrected chi connectivity index (χ2v) is 27.8. The van der Waals surface area contributed by atoms with Crippen LogP contribution in [0.15, 0.2) is 18.2 Å². The first-order chi connectivity index (χ1) is 43.1. The molecule has 0 bridgehead atoms. The number of aryl methyl sites for hydroxylation is 1. The van der Waals surface area contributed by atoms with E-state index in [4.69, 9.17) is 11.6 Å². The lowest BCUT2D eigenvalue weighted by molar-refractivity contribution is -0.149. The Kier molecular flexibility index (Phi) is 28.2. The molecule has 0 radical (unpaired) electrons.